The molecule has 0 bridgehead atoms. The van der Waals surface area contributed by atoms with E-state index in [1.807, 2.05) is 68.1 Å². The Morgan fingerprint density at radius 2 is 2.00 bits per heavy atom. The lowest BCUT2D eigenvalue weighted by atomic mass is 10.1. The third kappa shape index (κ3) is 3.19. The molecule has 0 aliphatic heterocycles. The van der Waals surface area contributed by atoms with Crippen LogP contribution in [-0.4, -0.2) is 15.5 Å². The van der Waals surface area contributed by atoms with Gasteiger partial charge in [-0.2, -0.15) is 0 Å². The van der Waals surface area contributed by atoms with Crippen LogP contribution in [-0.2, 0) is 7.05 Å². The number of imidazole rings is 1. The molecule has 0 fully saturated rings. The number of carbonyl (C=O) groups excluding carboxylic acids is 1. The third-order valence-corrected chi connectivity index (χ3v) is 4.78. The van der Waals surface area contributed by atoms with Gasteiger partial charge in [0.05, 0.1) is 5.56 Å². The van der Waals surface area contributed by atoms with E-state index in [1.54, 1.807) is 17.5 Å². The van der Waals surface area contributed by atoms with E-state index in [9.17, 15) is 4.79 Å². The van der Waals surface area contributed by atoms with Gasteiger partial charge in [-0.15, -0.1) is 11.3 Å². The Balaban J connectivity index is 1.95. The molecule has 3 aromatic rings. The quantitative estimate of drug-likeness (QED) is 0.796. The number of amides is 1. The number of hydrogen-bond acceptors (Lipinski definition) is 3. The van der Waals surface area contributed by atoms with E-state index in [-0.39, 0.29) is 11.9 Å². The number of thiophene rings is 1. The van der Waals surface area contributed by atoms with Crippen LogP contribution >= 0.6 is 11.3 Å². The Morgan fingerprint density at radius 1 is 1.26 bits per heavy atom. The standard InChI is InChI=1S/C18H19N3OS/c1-12-11-15(13(2)23-12)18(22)20-16(14-7-5-4-6-8-14)17-19-9-10-21(17)3/h4-11,16H,1-3H3,(H,20,22)/t16-/m0/s1. The Labute approximate surface area is 139 Å². The molecule has 0 radical (unpaired) electrons. The van der Waals surface area contributed by atoms with Gasteiger partial charge in [-0.25, -0.2) is 4.98 Å². The highest BCUT2D eigenvalue weighted by molar-refractivity contribution is 7.12. The minimum Gasteiger partial charge on any atom is -0.338 e. The van der Waals surface area contributed by atoms with E-state index in [2.05, 4.69) is 10.3 Å². The highest BCUT2D eigenvalue weighted by Gasteiger charge is 2.22. The van der Waals surface area contributed by atoms with Gasteiger partial charge >= 0.3 is 0 Å². The Bertz CT molecular complexity index is 820. The van der Waals surface area contributed by atoms with Crippen molar-refractivity contribution in [2.75, 3.05) is 0 Å². The van der Waals surface area contributed by atoms with Crippen LogP contribution in [0.1, 0.15) is 37.5 Å². The van der Waals surface area contributed by atoms with E-state index in [4.69, 9.17) is 0 Å². The van der Waals surface area contributed by atoms with Gasteiger partial charge in [0.2, 0.25) is 0 Å². The molecule has 118 valence electrons. The summed E-state index contributed by atoms with van der Waals surface area (Å²) in [6.45, 7) is 3.99. The minimum atomic E-state index is -0.275. The Morgan fingerprint density at radius 3 is 2.57 bits per heavy atom. The van der Waals surface area contributed by atoms with Crippen molar-refractivity contribution in [1.29, 1.82) is 0 Å². The molecule has 0 unspecified atom stereocenters. The van der Waals surface area contributed by atoms with Crippen LogP contribution in [0.25, 0.3) is 0 Å². The van der Waals surface area contributed by atoms with E-state index >= 15 is 0 Å². The SMILES string of the molecule is Cc1cc(C(=O)N[C@@H](c2ccccc2)c2nccn2C)c(C)s1. The zero-order valence-electron chi connectivity index (χ0n) is 13.4. The van der Waals surface area contributed by atoms with Crippen LogP contribution in [0.2, 0.25) is 0 Å². The summed E-state index contributed by atoms with van der Waals surface area (Å²) < 4.78 is 1.93. The van der Waals surface area contributed by atoms with Crippen molar-refractivity contribution in [3.8, 4) is 0 Å². The fourth-order valence-electron chi connectivity index (χ4n) is 2.66. The van der Waals surface area contributed by atoms with Crippen LogP contribution < -0.4 is 5.32 Å². The second kappa shape index (κ2) is 6.38. The second-order valence-electron chi connectivity index (χ2n) is 5.54. The second-order valence-corrected chi connectivity index (χ2v) is 7.00. The molecule has 1 aromatic carbocycles. The summed E-state index contributed by atoms with van der Waals surface area (Å²) in [4.78, 5) is 19.3. The number of carbonyl (C=O) groups is 1. The van der Waals surface area contributed by atoms with Crippen molar-refractivity contribution in [2.24, 2.45) is 7.05 Å². The van der Waals surface area contributed by atoms with Crippen molar-refractivity contribution in [3.63, 3.8) is 0 Å². The Hall–Kier alpha value is -2.40. The fraction of sp³-hybridized carbons (Fsp3) is 0.222. The Kier molecular flexibility index (Phi) is 4.30. The lowest BCUT2D eigenvalue weighted by Crippen LogP contribution is -2.31. The van der Waals surface area contributed by atoms with Crippen LogP contribution in [0, 0.1) is 13.8 Å². The molecule has 0 saturated heterocycles. The van der Waals surface area contributed by atoms with Gasteiger partial charge in [0, 0.05) is 29.2 Å². The lowest BCUT2D eigenvalue weighted by Gasteiger charge is -2.19. The van der Waals surface area contributed by atoms with Crippen LogP contribution in [0.5, 0.6) is 0 Å². The molecule has 2 aromatic heterocycles. The van der Waals surface area contributed by atoms with Gasteiger partial charge in [-0.3, -0.25) is 4.79 Å². The predicted molar refractivity (Wildman–Crippen MR) is 92.8 cm³/mol. The molecule has 1 N–H and O–H groups in total. The van der Waals surface area contributed by atoms with Crippen molar-refractivity contribution in [2.45, 2.75) is 19.9 Å². The van der Waals surface area contributed by atoms with Crippen molar-refractivity contribution >= 4 is 17.2 Å². The number of rotatable bonds is 4. The molecule has 1 atom stereocenters. The van der Waals surface area contributed by atoms with Crippen molar-refractivity contribution < 1.29 is 4.79 Å². The first-order valence-corrected chi connectivity index (χ1v) is 8.28. The molecule has 23 heavy (non-hydrogen) atoms. The fourth-order valence-corrected chi connectivity index (χ4v) is 3.58. The summed E-state index contributed by atoms with van der Waals surface area (Å²) in [6, 6.07) is 11.6. The maximum Gasteiger partial charge on any atom is 0.253 e. The molecule has 3 rings (SSSR count). The van der Waals surface area contributed by atoms with Crippen LogP contribution in [0.3, 0.4) is 0 Å². The summed E-state index contributed by atoms with van der Waals surface area (Å²) in [6.07, 6.45) is 3.63. The summed E-state index contributed by atoms with van der Waals surface area (Å²) in [7, 11) is 1.93. The molecule has 1 amide bonds. The van der Waals surface area contributed by atoms with E-state index < -0.39 is 0 Å². The molecular weight excluding hydrogens is 306 g/mol. The average molecular weight is 325 g/mol. The van der Waals surface area contributed by atoms with Crippen molar-refractivity contribution in [1.82, 2.24) is 14.9 Å². The molecule has 0 saturated carbocycles. The number of nitrogens with zero attached hydrogens (tertiary/aromatic N) is 2. The molecule has 0 aliphatic carbocycles. The molecule has 2 heterocycles. The first-order chi connectivity index (χ1) is 11.1. The van der Waals surface area contributed by atoms with Gasteiger partial charge in [0.15, 0.2) is 0 Å². The molecule has 0 spiro atoms. The smallest absolute Gasteiger partial charge is 0.253 e. The zero-order chi connectivity index (χ0) is 16.4. The van der Waals surface area contributed by atoms with E-state index in [0.717, 1.165) is 26.7 Å². The highest BCUT2D eigenvalue weighted by atomic mass is 32.1. The number of aromatic nitrogens is 2. The third-order valence-electron chi connectivity index (χ3n) is 3.81. The number of hydrogen-bond donors (Lipinski definition) is 1. The van der Waals surface area contributed by atoms with Crippen LogP contribution in [0.4, 0.5) is 0 Å². The minimum absolute atomic E-state index is 0.0660. The van der Waals surface area contributed by atoms with Gasteiger partial charge in [0.25, 0.3) is 5.91 Å². The van der Waals surface area contributed by atoms with Gasteiger partial charge in [-0.1, -0.05) is 30.3 Å². The van der Waals surface area contributed by atoms with Gasteiger partial charge in [-0.05, 0) is 25.5 Å². The van der Waals surface area contributed by atoms with Crippen molar-refractivity contribution in [3.05, 3.63) is 75.5 Å². The summed E-state index contributed by atoms with van der Waals surface area (Å²) in [5.41, 5.74) is 1.75. The van der Waals surface area contributed by atoms with E-state index in [1.165, 1.54) is 0 Å². The average Bonchev–Trinajstić information content (AvgIpc) is 3.11. The first-order valence-electron chi connectivity index (χ1n) is 7.46. The van der Waals surface area contributed by atoms with Gasteiger partial charge < -0.3 is 9.88 Å². The lowest BCUT2D eigenvalue weighted by molar-refractivity contribution is 0.0941. The normalized spacial score (nSPS) is 12.1. The largest absolute Gasteiger partial charge is 0.338 e. The van der Waals surface area contributed by atoms with Gasteiger partial charge in [0.1, 0.15) is 11.9 Å². The molecular formula is C18H19N3OS. The summed E-state index contributed by atoms with van der Waals surface area (Å²) in [5, 5.41) is 3.13. The number of benzene rings is 1. The topological polar surface area (TPSA) is 46.9 Å². The zero-order valence-corrected chi connectivity index (χ0v) is 14.2. The maximum absolute atomic E-state index is 12.7. The molecule has 0 aliphatic rings. The van der Waals surface area contributed by atoms with Crippen LogP contribution in [0.15, 0.2) is 48.8 Å². The monoisotopic (exact) mass is 325 g/mol. The molecule has 5 heteroatoms. The number of nitrogens with one attached hydrogen (secondary N) is 1. The summed E-state index contributed by atoms with van der Waals surface area (Å²) >= 11 is 1.64. The predicted octanol–water partition coefficient (Wildman–Crippen LogP) is 3.62. The first kappa shape index (κ1) is 15.5. The maximum atomic E-state index is 12.7. The van der Waals surface area contributed by atoms with E-state index in [0.29, 0.717) is 0 Å². The summed E-state index contributed by atoms with van der Waals surface area (Å²) in [5.74, 6) is 0.748. The highest BCUT2D eigenvalue weighted by Crippen LogP contribution is 2.24. The number of aryl methyl sites for hydroxylation is 3. The molecule has 4 nitrogen and oxygen atoms in total.